The fourth-order valence-electron chi connectivity index (χ4n) is 1.50. The van der Waals surface area contributed by atoms with Gasteiger partial charge in [-0.2, -0.15) is 18.3 Å². The van der Waals surface area contributed by atoms with Crippen LogP contribution in [0, 0.1) is 0 Å². The summed E-state index contributed by atoms with van der Waals surface area (Å²) in [5, 5.41) is 15.7. The molecule has 0 bridgehead atoms. The fraction of sp³-hybridized carbons (Fsp3) is 0.100. The first-order chi connectivity index (χ1) is 8.29. The number of nitrogens with two attached hydrogens (primary N) is 1. The zero-order valence-electron chi connectivity index (χ0n) is 8.72. The number of hydrogen-bond acceptors (Lipinski definition) is 3. The smallest absolute Gasteiger partial charge is 0.420 e. The van der Waals surface area contributed by atoms with Gasteiger partial charge in [0.15, 0.2) is 0 Å². The van der Waals surface area contributed by atoms with Crippen LogP contribution >= 0.6 is 15.9 Å². The predicted molar refractivity (Wildman–Crippen MR) is 62.8 cm³/mol. The molecule has 4 N–H and O–H groups in total. The lowest BCUT2D eigenvalue weighted by Crippen LogP contribution is -2.06. The molecule has 1 heterocycles. The minimum atomic E-state index is -4.64. The van der Waals surface area contributed by atoms with Gasteiger partial charge in [0.05, 0.1) is 11.3 Å². The van der Waals surface area contributed by atoms with Crippen LogP contribution in [0.25, 0.3) is 11.3 Å². The molecule has 8 heteroatoms. The number of rotatable bonds is 1. The zero-order chi connectivity index (χ0) is 13.5. The Morgan fingerprint density at radius 3 is 2.44 bits per heavy atom. The highest BCUT2D eigenvalue weighted by Crippen LogP contribution is 2.42. The lowest BCUT2D eigenvalue weighted by molar-refractivity contribution is -0.138. The van der Waals surface area contributed by atoms with Gasteiger partial charge in [-0.1, -0.05) is 15.9 Å². The topological polar surface area (TPSA) is 74.9 Å². The number of phenols is 1. The van der Waals surface area contributed by atoms with Crippen LogP contribution in [0.1, 0.15) is 5.56 Å². The Hall–Kier alpha value is -1.70. The van der Waals surface area contributed by atoms with E-state index in [4.69, 9.17) is 5.73 Å². The number of nitrogens with zero attached hydrogens (tertiary/aromatic N) is 1. The quantitative estimate of drug-likeness (QED) is 0.755. The lowest BCUT2D eigenvalue weighted by Gasteiger charge is -2.12. The number of alkyl halides is 3. The van der Waals surface area contributed by atoms with Crippen molar-refractivity contribution in [1.82, 2.24) is 10.2 Å². The predicted octanol–water partition coefficient (Wildman–Crippen LogP) is 3.15. The summed E-state index contributed by atoms with van der Waals surface area (Å²) in [6.45, 7) is 0. The number of aromatic nitrogens is 2. The summed E-state index contributed by atoms with van der Waals surface area (Å²) in [5.74, 6) is -0.743. The van der Waals surface area contributed by atoms with Gasteiger partial charge >= 0.3 is 6.18 Å². The summed E-state index contributed by atoms with van der Waals surface area (Å²) in [4.78, 5) is 0. The number of anilines is 1. The first kappa shape index (κ1) is 12.7. The first-order valence-electron chi connectivity index (χ1n) is 4.70. The van der Waals surface area contributed by atoms with Crippen LogP contribution in [-0.4, -0.2) is 15.3 Å². The molecule has 4 nitrogen and oxygen atoms in total. The van der Waals surface area contributed by atoms with Crippen molar-refractivity contribution in [3.05, 3.63) is 28.2 Å². The Kier molecular flexibility index (Phi) is 2.97. The Balaban J connectivity index is 2.66. The molecule has 0 aliphatic carbocycles. The van der Waals surface area contributed by atoms with E-state index in [1.54, 1.807) is 0 Å². The number of benzene rings is 1. The van der Waals surface area contributed by atoms with E-state index >= 15 is 0 Å². The molecule has 0 spiro atoms. The molecule has 0 aliphatic heterocycles. The number of halogens is 4. The van der Waals surface area contributed by atoms with Gasteiger partial charge < -0.3 is 10.8 Å². The maximum Gasteiger partial charge on any atom is 0.420 e. The summed E-state index contributed by atoms with van der Waals surface area (Å²) >= 11 is 2.97. The van der Waals surface area contributed by atoms with Crippen LogP contribution in [0.4, 0.5) is 19.0 Å². The van der Waals surface area contributed by atoms with E-state index in [0.29, 0.717) is 0 Å². The fourth-order valence-corrected chi connectivity index (χ4v) is 1.95. The molecule has 1 aromatic heterocycles. The molecule has 1 aromatic carbocycles. The maximum absolute atomic E-state index is 12.7. The van der Waals surface area contributed by atoms with Crippen LogP contribution in [0.5, 0.6) is 5.75 Å². The summed E-state index contributed by atoms with van der Waals surface area (Å²) in [6.07, 6.45) is -4.64. The Labute approximate surface area is 108 Å². The van der Waals surface area contributed by atoms with Crippen LogP contribution in [0.15, 0.2) is 22.7 Å². The SMILES string of the molecule is Nc1cc(-c2cc(Br)cc(C(F)(F)F)c2O)[nH]n1. The molecule has 0 aliphatic rings. The molecule has 0 radical (unpaired) electrons. The van der Waals surface area contributed by atoms with Gasteiger partial charge in [-0.15, -0.1) is 0 Å². The van der Waals surface area contributed by atoms with Crippen LogP contribution < -0.4 is 5.73 Å². The summed E-state index contributed by atoms with van der Waals surface area (Å²) in [5.41, 5.74) is 4.42. The van der Waals surface area contributed by atoms with Crippen molar-refractivity contribution in [2.75, 3.05) is 5.73 Å². The Bertz CT molecular complexity index is 595. The van der Waals surface area contributed by atoms with E-state index in [9.17, 15) is 18.3 Å². The molecular formula is C10H7BrF3N3O. The molecule has 18 heavy (non-hydrogen) atoms. The summed E-state index contributed by atoms with van der Waals surface area (Å²) < 4.78 is 38.3. The highest BCUT2D eigenvalue weighted by molar-refractivity contribution is 9.10. The van der Waals surface area contributed by atoms with E-state index in [2.05, 4.69) is 26.1 Å². The molecule has 2 rings (SSSR count). The second-order valence-electron chi connectivity index (χ2n) is 3.55. The number of nitrogen functional groups attached to an aromatic ring is 1. The average Bonchev–Trinajstić information content (AvgIpc) is 2.66. The molecule has 0 fully saturated rings. The highest BCUT2D eigenvalue weighted by atomic mass is 79.9. The lowest BCUT2D eigenvalue weighted by atomic mass is 10.1. The van der Waals surface area contributed by atoms with Crippen molar-refractivity contribution in [2.45, 2.75) is 6.18 Å². The molecule has 0 unspecified atom stereocenters. The van der Waals surface area contributed by atoms with Crippen molar-refractivity contribution in [1.29, 1.82) is 0 Å². The number of aromatic amines is 1. The molecular weight excluding hydrogens is 315 g/mol. The minimum absolute atomic E-state index is 0.0269. The highest BCUT2D eigenvalue weighted by Gasteiger charge is 2.35. The third-order valence-corrected chi connectivity index (χ3v) is 2.73. The normalized spacial score (nSPS) is 11.8. The average molecular weight is 322 g/mol. The second kappa shape index (κ2) is 4.20. The molecule has 0 saturated carbocycles. The van der Waals surface area contributed by atoms with Gasteiger partial charge in [-0.25, -0.2) is 0 Å². The summed E-state index contributed by atoms with van der Waals surface area (Å²) in [6, 6.07) is 3.48. The molecule has 96 valence electrons. The van der Waals surface area contributed by atoms with Crippen molar-refractivity contribution in [3.8, 4) is 17.0 Å². The van der Waals surface area contributed by atoms with Crippen LogP contribution in [-0.2, 0) is 6.18 Å². The largest absolute Gasteiger partial charge is 0.507 e. The number of nitrogens with one attached hydrogen (secondary N) is 1. The number of hydrogen-bond donors (Lipinski definition) is 3. The minimum Gasteiger partial charge on any atom is -0.507 e. The third-order valence-electron chi connectivity index (χ3n) is 2.27. The van der Waals surface area contributed by atoms with Gasteiger partial charge in [0.1, 0.15) is 11.6 Å². The molecule has 2 aromatic rings. The third kappa shape index (κ3) is 2.28. The van der Waals surface area contributed by atoms with Gasteiger partial charge in [-0.05, 0) is 12.1 Å². The number of H-pyrrole nitrogens is 1. The van der Waals surface area contributed by atoms with Crippen LogP contribution in [0.3, 0.4) is 0 Å². The maximum atomic E-state index is 12.7. The van der Waals surface area contributed by atoms with Gasteiger partial charge in [0, 0.05) is 16.1 Å². The first-order valence-corrected chi connectivity index (χ1v) is 5.49. The number of aromatic hydroxyl groups is 1. The van der Waals surface area contributed by atoms with Crippen molar-refractivity contribution >= 4 is 21.7 Å². The molecule has 0 atom stereocenters. The second-order valence-corrected chi connectivity index (χ2v) is 4.47. The van der Waals surface area contributed by atoms with Gasteiger partial charge in [0.2, 0.25) is 0 Å². The standard InChI is InChI=1S/C10H7BrF3N3O/c11-4-1-5(7-3-8(15)17-16-7)9(18)6(2-4)10(12,13)14/h1-3,18H,(H3,15,16,17). The van der Waals surface area contributed by atoms with Crippen molar-refractivity contribution in [2.24, 2.45) is 0 Å². The number of phenolic OH excluding ortho intramolecular Hbond substituents is 1. The Morgan fingerprint density at radius 2 is 1.94 bits per heavy atom. The van der Waals surface area contributed by atoms with Gasteiger partial charge in [-0.3, -0.25) is 5.10 Å². The molecule has 0 amide bonds. The van der Waals surface area contributed by atoms with Crippen molar-refractivity contribution < 1.29 is 18.3 Å². The van der Waals surface area contributed by atoms with E-state index in [0.717, 1.165) is 6.07 Å². The van der Waals surface area contributed by atoms with E-state index in [1.165, 1.54) is 12.1 Å². The summed E-state index contributed by atoms with van der Waals surface area (Å²) in [7, 11) is 0. The van der Waals surface area contributed by atoms with Crippen molar-refractivity contribution in [3.63, 3.8) is 0 Å². The van der Waals surface area contributed by atoms with E-state index < -0.39 is 17.5 Å². The van der Waals surface area contributed by atoms with E-state index in [1.807, 2.05) is 0 Å². The monoisotopic (exact) mass is 321 g/mol. The van der Waals surface area contributed by atoms with Crippen LogP contribution in [0.2, 0.25) is 0 Å². The zero-order valence-corrected chi connectivity index (χ0v) is 10.3. The Morgan fingerprint density at radius 1 is 1.28 bits per heavy atom. The van der Waals surface area contributed by atoms with E-state index in [-0.39, 0.29) is 21.5 Å². The molecule has 0 saturated heterocycles. The van der Waals surface area contributed by atoms with Gasteiger partial charge in [0.25, 0.3) is 0 Å².